The van der Waals surface area contributed by atoms with E-state index in [9.17, 15) is 43.2 Å². The maximum absolute atomic E-state index is 13.0. The number of esters is 4. The third-order valence-corrected chi connectivity index (χ3v) is 17.5. The summed E-state index contributed by atoms with van der Waals surface area (Å²) in [4.78, 5) is 72.3. The van der Waals surface area contributed by atoms with Crippen LogP contribution in [0.5, 0.6) is 0 Å². The van der Waals surface area contributed by atoms with Gasteiger partial charge in [0.1, 0.15) is 19.3 Å². The van der Waals surface area contributed by atoms with Crippen molar-refractivity contribution in [3.63, 3.8) is 0 Å². The van der Waals surface area contributed by atoms with Crippen LogP contribution >= 0.6 is 15.6 Å². The Kier molecular flexibility index (Phi) is 56.6. The maximum atomic E-state index is 13.0. The first-order valence-electron chi connectivity index (χ1n) is 35.2. The van der Waals surface area contributed by atoms with Crippen LogP contribution in [0.1, 0.15) is 331 Å². The summed E-state index contributed by atoms with van der Waals surface area (Å²) in [5.41, 5.74) is 0. The highest BCUT2D eigenvalue weighted by Crippen LogP contribution is 2.45. The van der Waals surface area contributed by atoms with Gasteiger partial charge in [0.2, 0.25) is 0 Å². The maximum Gasteiger partial charge on any atom is 0.472 e. The molecule has 0 aliphatic heterocycles. The lowest BCUT2D eigenvalue weighted by Gasteiger charge is -2.21. The number of carbonyl (C=O) groups excluding carboxylic acids is 4. The molecule has 0 amide bonds. The molecule has 0 aromatic heterocycles. The van der Waals surface area contributed by atoms with E-state index in [4.69, 9.17) is 37.0 Å². The molecule has 87 heavy (non-hydrogen) atoms. The summed E-state index contributed by atoms with van der Waals surface area (Å²) >= 11 is 0. The topological polar surface area (TPSA) is 237 Å². The standard InChI is InChI=1S/C68H132O17P2/c1-58(2)44-36-28-20-15-13-11-9-10-12-14-16-24-34-42-50-67(72)84-63(54-79-66(71)49-41-33-25-19-22-30-38-46-60(5)6)56-82-86(74,75)80-52-62(69)53-81-87(76,77)83-57-64(85-68(73)51-43-35-27-26-31-39-47-61(7)8)55-78-65(70)48-40-32-23-18-17-21-29-37-45-59(3)4/h58-64,69H,9-57H2,1-8H3,(H,74,75)(H,76,77)/t62?,63-,64-/m1/s1. The number of carbonyl (C=O) groups is 4. The predicted molar refractivity (Wildman–Crippen MR) is 349 cm³/mol. The van der Waals surface area contributed by atoms with E-state index in [2.05, 4.69) is 55.4 Å². The van der Waals surface area contributed by atoms with E-state index in [1.54, 1.807) is 0 Å². The number of hydrogen-bond donors (Lipinski definition) is 3. The third-order valence-electron chi connectivity index (χ3n) is 15.6. The monoisotopic (exact) mass is 1280 g/mol. The van der Waals surface area contributed by atoms with Gasteiger partial charge in [-0.3, -0.25) is 37.3 Å². The molecule has 3 unspecified atom stereocenters. The van der Waals surface area contributed by atoms with Gasteiger partial charge in [-0.15, -0.1) is 0 Å². The second-order valence-corrected chi connectivity index (χ2v) is 29.4. The molecule has 0 aliphatic rings. The molecule has 3 N–H and O–H groups in total. The fourth-order valence-corrected chi connectivity index (χ4v) is 11.7. The summed E-state index contributed by atoms with van der Waals surface area (Å²) in [6, 6.07) is 0. The van der Waals surface area contributed by atoms with Crippen molar-refractivity contribution >= 4 is 39.5 Å². The minimum Gasteiger partial charge on any atom is -0.462 e. The van der Waals surface area contributed by atoms with Crippen LogP contribution in [0, 0.1) is 23.7 Å². The van der Waals surface area contributed by atoms with Crippen molar-refractivity contribution in [3.8, 4) is 0 Å². The molecule has 516 valence electrons. The van der Waals surface area contributed by atoms with E-state index in [0.29, 0.717) is 37.5 Å². The number of ether oxygens (including phenoxy) is 4. The van der Waals surface area contributed by atoms with E-state index in [1.807, 2.05) is 0 Å². The Morgan fingerprint density at radius 3 is 0.713 bits per heavy atom. The van der Waals surface area contributed by atoms with Crippen molar-refractivity contribution in [2.75, 3.05) is 39.6 Å². The average molecular weight is 1280 g/mol. The molecule has 0 aliphatic carbocycles. The van der Waals surface area contributed by atoms with Crippen molar-refractivity contribution in [2.24, 2.45) is 23.7 Å². The summed E-state index contributed by atoms with van der Waals surface area (Å²) in [7, 11) is -9.90. The van der Waals surface area contributed by atoms with Gasteiger partial charge in [-0.25, -0.2) is 9.13 Å². The van der Waals surface area contributed by atoms with Crippen LogP contribution in [0.4, 0.5) is 0 Å². The number of rotatable bonds is 65. The fraction of sp³-hybridized carbons (Fsp3) is 0.941. The molecule has 0 saturated heterocycles. The fourth-order valence-electron chi connectivity index (χ4n) is 10.1. The highest BCUT2D eigenvalue weighted by atomic mass is 31.2. The Bertz CT molecular complexity index is 1730. The van der Waals surface area contributed by atoms with Crippen molar-refractivity contribution in [3.05, 3.63) is 0 Å². The zero-order valence-electron chi connectivity index (χ0n) is 56.6. The molecule has 0 saturated carbocycles. The lowest BCUT2D eigenvalue weighted by molar-refractivity contribution is -0.161. The molecule has 0 radical (unpaired) electrons. The molecule has 0 spiro atoms. The summed E-state index contributed by atoms with van der Waals surface area (Å²) in [5.74, 6) is 0.758. The van der Waals surface area contributed by atoms with Crippen LogP contribution < -0.4 is 0 Å². The van der Waals surface area contributed by atoms with Crippen molar-refractivity contribution < 1.29 is 80.2 Å². The number of aliphatic hydroxyl groups excluding tert-OH is 1. The van der Waals surface area contributed by atoms with E-state index in [0.717, 1.165) is 108 Å². The van der Waals surface area contributed by atoms with Crippen LogP contribution in [0.15, 0.2) is 0 Å². The second-order valence-electron chi connectivity index (χ2n) is 26.5. The van der Waals surface area contributed by atoms with Gasteiger partial charge < -0.3 is 33.8 Å². The predicted octanol–water partition coefficient (Wildman–Crippen LogP) is 18.9. The van der Waals surface area contributed by atoms with Crippen molar-refractivity contribution in [2.45, 2.75) is 350 Å². The van der Waals surface area contributed by atoms with Crippen molar-refractivity contribution in [1.82, 2.24) is 0 Å². The molecule has 0 aromatic carbocycles. The third kappa shape index (κ3) is 62.6. The lowest BCUT2D eigenvalue weighted by Crippen LogP contribution is -2.30. The first-order chi connectivity index (χ1) is 41.6. The van der Waals surface area contributed by atoms with Crippen LogP contribution in [0.25, 0.3) is 0 Å². The number of hydrogen-bond acceptors (Lipinski definition) is 15. The number of aliphatic hydroxyl groups is 1. The number of unbranched alkanes of at least 4 members (excludes halogenated alkanes) is 31. The highest BCUT2D eigenvalue weighted by Gasteiger charge is 2.30. The van der Waals surface area contributed by atoms with E-state index < -0.39 is 97.5 Å². The Hall–Kier alpha value is -1.94. The first-order valence-corrected chi connectivity index (χ1v) is 38.2. The van der Waals surface area contributed by atoms with Crippen LogP contribution in [-0.2, 0) is 65.4 Å². The SMILES string of the molecule is CC(C)CCCCCCCCCCCCCCCCC(=O)O[C@H](COC(=O)CCCCCCCCCC(C)C)COP(=O)(O)OCC(O)COP(=O)(O)OC[C@@H](COC(=O)CCCCCCCCCCC(C)C)OC(=O)CCCCCCCCC(C)C. The zero-order chi connectivity index (χ0) is 64.7. The van der Waals surface area contributed by atoms with Gasteiger partial charge in [-0.1, -0.05) is 280 Å². The highest BCUT2D eigenvalue weighted by molar-refractivity contribution is 7.47. The largest absolute Gasteiger partial charge is 0.472 e. The normalized spacial score (nSPS) is 14.3. The molecule has 17 nitrogen and oxygen atoms in total. The minimum absolute atomic E-state index is 0.101. The van der Waals surface area contributed by atoms with Gasteiger partial charge in [0.05, 0.1) is 26.4 Å². The van der Waals surface area contributed by atoms with Gasteiger partial charge in [0, 0.05) is 25.7 Å². The zero-order valence-corrected chi connectivity index (χ0v) is 58.4. The number of phosphoric acid groups is 2. The van der Waals surface area contributed by atoms with E-state index in [1.165, 1.54) is 128 Å². The molecular formula is C68H132O17P2. The van der Waals surface area contributed by atoms with Gasteiger partial charge in [0.15, 0.2) is 12.2 Å². The molecule has 0 bridgehead atoms. The second kappa shape index (κ2) is 57.9. The smallest absolute Gasteiger partial charge is 0.462 e. The minimum atomic E-state index is -4.95. The van der Waals surface area contributed by atoms with Crippen molar-refractivity contribution in [1.29, 1.82) is 0 Å². The molecule has 19 heteroatoms. The van der Waals surface area contributed by atoms with Crippen LogP contribution in [0.2, 0.25) is 0 Å². The average Bonchev–Trinajstić information content (AvgIpc) is 3.66. The van der Waals surface area contributed by atoms with E-state index >= 15 is 0 Å². The Morgan fingerprint density at radius 2 is 0.483 bits per heavy atom. The summed E-state index contributed by atoms with van der Waals surface area (Å²) in [5, 5.41) is 10.6. The molecule has 0 aromatic rings. The van der Waals surface area contributed by atoms with E-state index in [-0.39, 0.29) is 25.7 Å². The molecule has 0 heterocycles. The Labute approximate surface area is 530 Å². The number of phosphoric ester groups is 2. The molecule has 5 atom stereocenters. The Morgan fingerprint density at radius 1 is 0.287 bits per heavy atom. The van der Waals surface area contributed by atoms with Gasteiger partial charge >= 0.3 is 39.5 Å². The van der Waals surface area contributed by atoms with Crippen LogP contribution in [-0.4, -0.2) is 96.7 Å². The molecule has 0 fully saturated rings. The van der Waals surface area contributed by atoms with Gasteiger partial charge in [0.25, 0.3) is 0 Å². The summed E-state index contributed by atoms with van der Waals surface area (Å²) in [6.07, 6.45) is 39.3. The Balaban J connectivity index is 5.21. The van der Waals surface area contributed by atoms with Gasteiger partial charge in [-0.2, -0.15) is 0 Å². The molecule has 0 rings (SSSR count). The van der Waals surface area contributed by atoms with Crippen LogP contribution in [0.3, 0.4) is 0 Å². The molecular weight excluding hydrogens is 1150 g/mol. The quantitative estimate of drug-likeness (QED) is 0.0222. The summed E-state index contributed by atoms with van der Waals surface area (Å²) in [6.45, 7) is 14.0. The summed E-state index contributed by atoms with van der Waals surface area (Å²) < 4.78 is 68.1. The van der Waals surface area contributed by atoms with Gasteiger partial charge in [-0.05, 0) is 49.4 Å². The first kappa shape index (κ1) is 85.1. The lowest BCUT2D eigenvalue weighted by atomic mass is 10.0.